The first-order valence-corrected chi connectivity index (χ1v) is 6.67. The number of hydrogen-bond donors (Lipinski definition) is 1. The fourth-order valence-electron chi connectivity index (χ4n) is 2.29. The average molecular weight is 288 g/mol. The fourth-order valence-corrected chi connectivity index (χ4v) is 2.46. The fraction of sp³-hybridized carbons (Fsp3) is 0.125. The van der Waals surface area contributed by atoms with Gasteiger partial charge in [-0.1, -0.05) is 29.8 Å². The zero-order valence-corrected chi connectivity index (χ0v) is 11.8. The normalized spacial score (nSPS) is 10.9. The molecule has 0 aliphatic carbocycles. The second kappa shape index (κ2) is 5.10. The van der Waals surface area contributed by atoms with Gasteiger partial charge in [-0.3, -0.25) is 0 Å². The second-order valence-electron chi connectivity index (χ2n) is 4.68. The third-order valence-corrected chi connectivity index (χ3v) is 3.52. The van der Waals surface area contributed by atoms with Gasteiger partial charge in [0.2, 0.25) is 0 Å². The minimum atomic E-state index is 0.149. The molecule has 0 amide bonds. The van der Waals surface area contributed by atoms with E-state index >= 15 is 0 Å². The Labute approximate surface area is 122 Å². The number of ether oxygens (including phenoxy) is 1. The Balaban J connectivity index is 1.90. The van der Waals surface area contributed by atoms with Crippen molar-refractivity contribution in [3.8, 4) is 11.5 Å². The van der Waals surface area contributed by atoms with E-state index in [9.17, 15) is 5.11 Å². The summed E-state index contributed by atoms with van der Waals surface area (Å²) in [7, 11) is 1.97. The third kappa shape index (κ3) is 2.32. The largest absolute Gasteiger partial charge is 0.504 e. The molecule has 1 heterocycles. The van der Waals surface area contributed by atoms with Crippen molar-refractivity contribution < 1.29 is 9.84 Å². The molecule has 0 spiro atoms. The summed E-state index contributed by atoms with van der Waals surface area (Å²) < 4.78 is 7.70. The second-order valence-corrected chi connectivity index (χ2v) is 5.12. The first-order valence-electron chi connectivity index (χ1n) is 6.29. The van der Waals surface area contributed by atoms with Crippen molar-refractivity contribution in [1.29, 1.82) is 0 Å². The standard InChI is InChI=1S/C16H14ClNO2/c1-18-9-11(13-7-6-12(17)8-14(13)18)10-20-16-5-3-2-4-15(16)19/h2-9,19H,10H2,1H3. The summed E-state index contributed by atoms with van der Waals surface area (Å²) in [6, 6.07) is 12.7. The maximum atomic E-state index is 9.70. The van der Waals surface area contributed by atoms with E-state index in [-0.39, 0.29) is 5.75 Å². The number of halogens is 1. The summed E-state index contributed by atoms with van der Waals surface area (Å²) >= 11 is 6.02. The van der Waals surface area contributed by atoms with Crippen molar-refractivity contribution in [2.24, 2.45) is 7.05 Å². The van der Waals surface area contributed by atoms with Crippen LogP contribution in [0.25, 0.3) is 10.9 Å². The molecule has 3 aromatic rings. The van der Waals surface area contributed by atoms with Crippen molar-refractivity contribution in [2.75, 3.05) is 0 Å². The van der Waals surface area contributed by atoms with Gasteiger partial charge in [-0.15, -0.1) is 0 Å². The van der Waals surface area contributed by atoms with E-state index in [0.29, 0.717) is 17.4 Å². The molecule has 0 unspecified atom stereocenters. The van der Waals surface area contributed by atoms with Gasteiger partial charge in [0.15, 0.2) is 11.5 Å². The molecule has 0 aliphatic rings. The quantitative estimate of drug-likeness (QED) is 0.786. The molecule has 1 N–H and O–H groups in total. The lowest BCUT2D eigenvalue weighted by Gasteiger charge is -2.06. The van der Waals surface area contributed by atoms with Crippen LogP contribution in [0.1, 0.15) is 5.56 Å². The van der Waals surface area contributed by atoms with E-state index in [1.54, 1.807) is 18.2 Å². The highest BCUT2D eigenvalue weighted by Crippen LogP contribution is 2.28. The Kier molecular flexibility index (Phi) is 3.28. The highest BCUT2D eigenvalue weighted by atomic mass is 35.5. The van der Waals surface area contributed by atoms with Crippen molar-refractivity contribution in [1.82, 2.24) is 4.57 Å². The highest BCUT2D eigenvalue weighted by Gasteiger charge is 2.08. The van der Waals surface area contributed by atoms with Gasteiger partial charge in [0.1, 0.15) is 6.61 Å². The molecule has 3 nitrogen and oxygen atoms in total. The van der Waals surface area contributed by atoms with Gasteiger partial charge in [-0.2, -0.15) is 0 Å². The molecular weight excluding hydrogens is 274 g/mol. The smallest absolute Gasteiger partial charge is 0.161 e. The van der Waals surface area contributed by atoms with Crippen molar-refractivity contribution >= 4 is 22.5 Å². The van der Waals surface area contributed by atoms with E-state index in [2.05, 4.69) is 0 Å². The Morgan fingerprint density at radius 1 is 1.20 bits per heavy atom. The predicted octanol–water partition coefficient (Wildman–Crippen LogP) is 4.12. The Morgan fingerprint density at radius 3 is 2.80 bits per heavy atom. The van der Waals surface area contributed by atoms with Gasteiger partial charge in [-0.25, -0.2) is 0 Å². The van der Waals surface area contributed by atoms with Crippen LogP contribution in [-0.4, -0.2) is 9.67 Å². The molecule has 0 radical (unpaired) electrons. The van der Waals surface area contributed by atoms with Crippen LogP contribution in [0.3, 0.4) is 0 Å². The minimum Gasteiger partial charge on any atom is -0.504 e. The van der Waals surface area contributed by atoms with Crippen molar-refractivity contribution in [2.45, 2.75) is 6.61 Å². The molecule has 0 saturated carbocycles. The van der Waals surface area contributed by atoms with Gasteiger partial charge in [0, 0.05) is 34.7 Å². The number of phenolic OH excluding ortho intramolecular Hbond substituents is 1. The maximum absolute atomic E-state index is 9.70. The molecule has 0 bridgehead atoms. The highest BCUT2D eigenvalue weighted by molar-refractivity contribution is 6.31. The number of nitrogens with zero attached hydrogens (tertiary/aromatic N) is 1. The van der Waals surface area contributed by atoms with Crippen LogP contribution in [0.15, 0.2) is 48.7 Å². The van der Waals surface area contributed by atoms with E-state index in [1.165, 1.54) is 0 Å². The number of para-hydroxylation sites is 2. The Bertz CT molecular complexity index is 764. The maximum Gasteiger partial charge on any atom is 0.161 e. The number of fused-ring (bicyclic) bond motifs is 1. The lowest BCUT2D eigenvalue weighted by molar-refractivity contribution is 0.290. The van der Waals surface area contributed by atoms with Crippen LogP contribution in [0.5, 0.6) is 11.5 Å². The van der Waals surface area contributed by atoms with Gasteiger partial charge in [0.25, 0.3) is 0 Å². The molecule has 20 heavy (non-hydrogen) atoms. The summed E-state index contributed by atoms with van der Waals surface area (Å²) in [5.41, 5.74) is 2.12. The SMILES string of the molecule is Cn1cc(COc2ccccc2O)c2ccc(Cl)cc21. The van der Waals surface area contributed by atoms with Gasteiger partial charge in [-0.05, 0) is 24.3 Å². The summed E-state index contributed by atoms with van der Waals surface area (Å²) in [5, 5.41) is 11.5. The number of hydrogen-bond acceptors (Lipinski definition) is 2. The van der Waals surface area contributed by atoms with E-state index in [1.807, 2.05) is 42.1 Å². The Hall–Kier alpha value is -2.13. The predicted molar refractivity (Wildman–Crippen MR) is 80.4 cm³/mol. The third-order valence-electron chi connectivity index (χ3n) is 3.28. The first kappa shape index (κ1) is 12.9. The molecule has 0 fully saturated rings. The lowest BCUT2D eigenvalue weighted by Crippen LogP contribution is -1.94. The van der Waals surface area contributed by atoms with E-state index in [4.69, 9.17) is 16.3 Å². The zero-order chi connectivity index (χ0) is 14.1. The minimum absolute atomic E-state index is 0.149. The number of aromatic hydroxyl groups is 1. The molecule has 102 valence electrons. The van der Waals surface area contributed by atoms with E-state index in [0.717, 1.165) is 16.5 Å². The van der Waals surface area contributed by atoms with Gasteiger partial charge < -0.3 is 14.4 Å². The number of aryl methyl sites for hydroxylation is 1. The molecule has 0 atom stereocenters. The van der Waals surface area contributed by atoms with Crippen LogP contribution in [-0.2, 0) is 13.7 Å². The molecule has 0 aliphatic heterocycles. The topological polar surface area (TPSA) is 34.4 Å². The average Bonchev–Trinajstić information content (AvgIpc) is 2.74. The molecule has 0 saturated heterocycles. The molecule has 4 heteroatoms. The monoisotopic (exact) mass is 287 g/mol. The number of aromatic nitrogens is 1. The van der Waals surface area contributed by atoms with Crippen molar-refractivity contribution in [3.63, 3.8) is 0 Å². The van der Waals surface area contributed by atoms with Gasteiger partial charge in [0.05, 0.1) is 0 Å². The Morgan fingerprint density at radius 2 is 2.00 bits per heavy atom. The summed E-state index contributed by atoms with van der Waals surface area (Å²) in [6.45, 7) is 0.399. The van der Waals surface area contributed by atoms with Gasteiger partial charge >= 0.3 is 0 Å². The molecular formula is C16H14ClNO2. The molecule has 3 rings (SSSR count). The van der Waals surface area contributed by atoms with Crippen LogP contribution in [0, 0.1) is 0 Å². The lowest BCUT2D eigenvalue weighted by atomic mass is 10.2. The zero-order valence-electron chi connectivity index (χ0n) is 11.0. The summed E-state index contributed by atoms with van der Waals surface area (Å²) in [5.74, 6) is 0.634. The van der Waals surface area contributed by atoms with Crippen molar-refractivity contribution in [3.05, 3.63) is 59.2 Å². The summed E-state index contributed by atoms with van der Waals surface area (Å²) in [4.78, 5) is 0. The number of phenols is 1. The molecule has 1 aromatic heterocycles. The summed E-state index contributed by atoms with van der Waals surface area (Å²) in [6.07, 6.45) is 2.01. The first-order chi connectivity index (χ1) is 9.65. The van der Waals surface area contributed by atoms with Crippen LogP contribution < -0.4 is 4.74 Å². The number of benzene rings is 2. The van der Waals surface area contributed by atoms with Crippen LogP contribution in [0.2, 0.25) is 5.02 Å². The van der Waals surface area contributed by atoms with Crippen LogP contribution >= 0.6 is 11.6 Å². The van der Waals surface area contributed by atoms with E-state index < -0.39 is 0 Å². The number of rotatable bonds is 3. The van der Waals surface area contributed by atoms with Crippen LogP contribution in [0.4, 0.5) is 0 Å². The molecule has 2 aromatic carbocycles.